The SMILES string of the molecule is C[C@H](NC(=O)Nc1ccc(Cl)cc1)C(=O)Nc1ccc(-n2ccccc2=O)cc1. The number of halogens is 1. The summed E-state index contributed by atoms with van der Waals surface area (Å²) in [6.07, 6.45) is 1.67. The van der Waals surface area contributed by atoms with Crippen LogP contribution in [0.25, 0.3) is 5.69 Å². The lowest BCUT2D eigenvalue weighted by molar-refractivity contribution is -0.117. The number of pyridine rings is 1. The van der Waals surface area contributed by atoms with Crippen LogP contribution in [0.3, 0.4) is 0 Å². The molecular formula is C21H19ClN4O3. The Morgan fingerprint density at radius 1 is 0.897 bits per heavy atom. The second-order valence-corrected chi connectivity index (χ2v) is 6.71. The van der Waals surface area contributed by atoms with Gasteiger partial charge in [0.15, 0.2) is 0 Å². The molecule has 1 aromatic heterocycles. The predicted molar refractivity (Wildman–Crippen MR) is 114 cm³/mol. The second-order valence-electron chi connectivity index (χ2n) is 6.27. The highest BCUT2D eigenvalue weighted by atomic mass is 35.5. The topological polar surface area (TPSA) is 92.2 Å². The zero-order chi connectivity index (χ0) is 20.8. The van der Waals surface area contributed by atoms with Crippen molar-refractivity contribution in [1.82, 2.24) is 9.88 Å². The monoisotopic (exact) mass is 410 g/mol. The number of nitrogens with one attached hydrogen (secondary N) is 3. The van der Waals surface area contributed by atoms with Crippen LogP contribution in [0.2, 0.25) is 5.02 Å². The van der Waals surface area contributed by atoms with Crippen molar-refractivity contribution in [2.45, 2.75) is 13.0 Å². The van der Waals surface area contributed by atoms with Crippen molar-refractivity contribution >= 4 is 34.9 Å². The number of hydrogen-bond donors (Lipinski definition) is 3. The Bertz CT molecular complexity index is 1060. The van der Waals surface area contributed by atoms with Crippen LogP contribution in [0.1, 0.15) is 6.92 Å². The van der Waals surface area contributed by atoms with Crippen LogP contribution in [0.4, 0.5) is 16.2 Å². The van der Waals surface area contributed by atoms with Crippen LogP contribution in [0.5, 0.6) is 0 Å². The summed E-state index contributed by atoms with van der Waals surface area (Å²) in [5.74, 6) is -0.374. The molecule has 7 nitrogen and oxygen atoms in total. The Balaban J connectivity index is 1.56. The number of urea groups is 1. The van der Waals surface area contributed by atoms with Crippen molar-refractivity contribution < 1.29 is 9.59 Å². The fraction of sp³-hybridized carbons (Fsp3) is 0.0952. The first-order chi connectivity index (χ1) is 13.9. The van der Waals surface area contributed by atoms with Gasteiger partial charge in [-0.3, -0.25) is 14.2 Å². The van der Waals surface area contributed by atoms with Gasteiger partial charge in [0.25, 0.3) is 5.56 Å². The number of anilines is 2. The zero-order valence-electron chi connectivity index (χ0n) is 15.6. The van der Waals surface area contributed by atoms with Gasteiger partial charge in [-0.1, -0.05) is 17.7 Å². The standard InChI is InChI=1S/C21H19ClN4O3/c1-14(23-21(29)25-17-7-5-15(22)6-8-17)20(28)24-16-9-11-18(12-10-16)26-13-3-2-4-19(26)27/h2-14H,1H3,(H,24,28)(H2,23,25,29)/t14-/m0/s1. The zero-order valence-corrected chi connectivity index (χ0v) is 16.3. The number of benzene rings is 2. The molecule has 0 saturated carbocycles. The third kappa shape index (κ3) is 5.46. The van der Waals surface area contributed by atoms with E-state index >= 15 is 0 Å². The van der Waals surface area contributed by atoms with Crippen LogP contribution < -0.4 is 21.5 Å². The summed E-state index contributed by atoms with van der Waals surface area (Å²) in [6, 6.07) is 17.1. The molecular weight excluding hydrogens is 392 g/mol. The molecule has 0 spiro atoms. The number of rotatable bonds is 5. The van der Waals surface area contributed by atoms with Crippen molar-refractivity contribution in [3.05, 3.63) is 88.3 Å². The van der Waals surface area contributed by atoms with E-state index in [4.69, 9.17) is 11.6 Å². The van der Waals surface area contributed by atoms with Crippen molar-refractivity contribution in [3.8, 4) is 5.69 Å². The highest BCUT2D eigenvalue weighted by molar-refractivity contribution is 6.30. The largest absolute Gasteiger partial charge is 0.326 e. The normalized spacial score (nSPS) is 11.4. The van der Waals surface area contributed by atoms with Gasteiger partial charge in [0.1, 0.15) is 6.04 Å². The number of amides is 3. The van der Waals surface area contributed by atoms with Crippen molar-refractivity contribution in [2.24, 2.45) is 0 Å². The van der Waals surface area contributed by atoms with Gasteiger partial charge in [0.05, 0.1) is 0 Å². The van der Waals surface area contributed by atoms with Crippen molar-refractivity contribution in [3.63, 3.8) is 0 Å². The minimum atomic E-state index is -0.765. The maximum atomic E-state index is 12.3. The van der Waals surface area contributed by atoms with Gasteiger partial charge in [-0.25, -0.2) is 4.79 Å². The Morgan fingerprint density at radius 2 is 1.52 bits per heavy atom. The molecule has 0 radical (unpaired) electrons. The Hall–Kier alpha value is -3.58. The van der Waals surface area contributed by atoms with E-state index in [2.05, 4.69) is 16.0 Å². The Morgan fingerprint density at radius 3 is 2.17 bits per heavy atom. The first-order valence-electron chi connectivity index (χ1n) is 8.84. The lowest BCUT2D eigenvalue weighted by atomic mass is 10.2. The minimum absolute atomic E-state index is 0.145. The summed E-state index contributed by atoms with van der Waals surface area (Å²) in [6.45, 7) is 1.58. The van der Waals surface area contributed by atoms with Gasteiger partial charge in [0.2, 0.25) is 5.91 Å². The first-order valence-corrected chi connectivity index (χ1v) is 9.22. The quantitative estimate of drug-likeness (QED) is 0.599. The molecule has 0 fully saturated rings. The third-order valence-corrected chi connectivity index (χ3v) is 4.33. The van der Waals surface area contributed by atoms with E-state index < -0.39 is 12.1 Å². The average Bonchev–Trinajstić information content (AvgIpc) is 2.71. The van der Waals surface area contributed by atoms with Crippen molar-refractivity contribution in [2.75, 3.05) is 10.6 Å². The van der Waals surface area contributed by atoms with Crippen LogP contribution in [0.15, 0.2) is 77.7 Å². The van der Waals surface area contributed by atoms with Gasteiger partial charge in [-0.2, -0.15) is 0 Å². The molecule has 1 atom stereocenters. The first kappa shape index (κ1) is 20.2. The summed E-state index contributed by atoms with van der Waals surface area (Å²) >= 11 is 5.81. The summed E-state index contributed by atoms with van der Waals surface area (Å²) in [5.41, 5.74) is 1.65. The minimum Gasteiger partial charge on any atom is -0.326 e. The molecule has 0 saturated heterocycles. The Kier molecular flexibility index (Phi) is 6.31. The van der Waals surface area contributed by atoms with Gasteiger partial charge in [-0.05, 0) is 61.5 Å². The summed E-state index contributed by atoms with van der Waals surface area (Å²) in [5, 5.41) is 8.48. The highest BCUT2D eigenvalue weighted by Crippen LogP contribution is 2.14. The summed E-state index contributed by atoms with van der Waals surface area (Å²) < 4.78 is 1.50. The molecule has 8 heteroatoms. The van der Waals surface area contributed by atoms with Gasteiger partial charge in [-0.15, -0.1) is 0 Å². The van der Waals surface area contributed by atoms with E-state index in [0.29, 0.717) is 22.1 Å². The van der Waals surface area contributed by atoms with E-state index in [-0.39, 0.29) is 11.5 Å². The molecule has 0 bridgehead atoms. The fourth-order valence-electron chi connectivity index (χ4n) is 2.56. The molecule has 0 aliphatic heterocycles. The van der Waals surface area contributed by atoms with E-state index in [9.17, 15) is 14.4 Å². The molecule has 1 heterocycles. The van der Waals surface area contributed by atoms with Gasteiger partial charge >= 0.3 is 6.03 Å². The summed E-state index contributed by atoms with van der Waals surface area (Å²) in [4.78, 5) is 36.2. The molecule has 0 aliphatic rings. The molecule has 3 N–H and O–H groups in total. The van der Waals surface area contributed by atoms with Crippen LogP contribution >= 0.6 is 11.6 Å². The molecule has 148 valence electrons. The number of nitrogens with zero attached hydrogens (tertiary/aromatic N) is 1. The van der Waals surface area contributed by atoms with Crippen molar-refractivity contribution in [1.29, 1.82) is 0 Å². The molecule has 3 aromatic rings. The molecule has 3 amide bonds. The van der Waals surface area contributed by atoms with E-state index in [1.54, 1.807) is 73.8 Å². The lowest BCUT2D eigenvalue weighted by Crippen LogP contribution is -2.43. The van der Waals surface area contributed by atoms with Gasteiger partial charge in [0, 0.05) is 34.3 Å². The fourth-order valence-corrected chi connectivity index (χ4v) is 2.69. The van der Waals surface area contributed by atoms with E-state index in [0.717, 1.165) is 0 Å². The number of carbonyl (C=O) groups is 2. The van der Waals surface area contributed by atoms with Crippen LogP contribution in [-0.4, -0.2) is 22.5 Å². The maximum absolute atomic E-state index is 12.3. The number of hydrogen-bond acceptors (Lipinski definition) is 3. The smallest absolute Gasteiger partial charge is 0.319 e. The van der Waals surface area contributed by atoms with Gasteiger partial charge < -0.3 is 16.0 Å². The second kappa shape index (κ2) is 9.07. The lowest BCUT2D eigenvalue weighted by Gasteiger charge is -2.15. The molecule has 29 heavy (non-hydrogen) atoms. The van der Waals surface area contributed by atoms with E-state index in [1.807, 2.05) is 0 Å². The number of carbonyl (C=O) groups excluding carboxylic acids is 2. The molecule has 2 aromatic carbocycles. The predicted octanol–water partition coefficient (Wildman–Crippen LogP) is 3.64. The maximum Gasteiger partial charge on any atom is 0.319 e. The summed E-state index contributed by atoms with van der Waals surface area (Å²) in [7, 11) is 0. The average molecular weight is 411 g/mol. The van der Waals surface area contributed by atoms with Crippen LogP contribution in [0, 0.1) is 0 Å². The molecule has 0 unspecified atom stereocenters. The van der Waals surface area contributed by atoms with E-state index in [1.165, 1.54) is 10.6 Å². The Labute approximate surface area is 172 Å². The molecule has 3 rings (SSSR count). The van der Waals surface area contributed by atoms with Crippen LogP contribution in [-0.2, 0) is 4.79 Å². The molecule has 0 aliphatic carbocycles. The number of aromatic nitrogens is 1. The third-order valence-electron chi connectivity index (χ3n) is 4.08. The highest BCUT2D eigenvalue weighted by Gasteiger charge is 2.16.